The second-order valence-corrected chi connectivity index (χ2v) is 4.83. The second-order valence-electron chi connectivity index (χ2n) is 4.83. The van der Waals surface area contributed by atoms with Crippen LogP contribution in [-0.4, -0.2) is 35.6 Å². The average Bonchev–Trinajstić information content (AvgIpc) is 2.76. The van der Waals surface area contributed by atoms with Gasteiger partial charge in [0.15, 0.2) is 5.65 Å². The van der Waals surface area contributed by atoms with Crippen molar-refractivity contribution in [2.24, 2.45) is 11.7 Å². The largest absolute Gasteiger partial charge is 0.363 e. The van der Waals surface area contributed by atoms with Crippen molar-refractivity contribution in [3.63, 3.8) is 0 Å². The molecule has 1 atom stereocenters. The van der Waals surface area contributed by atoms with Crippen LogP contribution in [0, 0.1) is 5.92 Å². The zero-order valence-corrected chi connectivity index (χ0v) is 11.3. The van der Waals surface area contributed by atoms with Crippen LogP contribution in [-0.2, 0) is 6.42 Å². The van der Waals surface area contributed by atoms with Crippen LogP contribution in [0.25, 0.3) is 11.2 Å². The Bertz CT molecular complexity index is 513. The van der Waals surface area contributed by atoms with Gasteiger partial charge < -0.3 is 15.6 Å². The maximum absolute atomic E-state index is 5.73. The number of anilines is 1. The number of nitrogens with two attached hydrogens (primary N) is 1. The number of nitrogens with zero attached hydrogens (tertiary/aromatic N) is 3. The van der Waals surface area contributed by atoms with Crippen LogP contribution in [0.15, 0.2) is 12.1 Å². The molecule has 2 aromatic heterocycles. The Balaban J connectivity index is 2.26. The van der Waals surface area contributed by atoms with Crippen molar-refractivity contribution in [2.75, 3.05) is 25.5 Å². The summed E-state index contributed by atoms with van der Waals surface area (Å²) in [7, 11) is 3.95. The Morgan fingerprint density at radius 2 is 2.11 bits per heavy atom. The number of nitrogens with one attached hydrogen (secondary N) is 1. The Morgan fingerprint density at radius 3 is 2.72 bits per heavy atom. The minimum absolute atomic E-state index is 0.485. The van der Waals surface area contributed by atoms with E-state index in [-0.39, 0.29) is 0 Å². The van der Waals surface area contributed by atoms with E-state index in [0.29, 0.717) is 12.5 Å². The molecule has 0 radical (unpaired) electrons. The average molecular weight is 247 g/mol. The minimum atomic E-state index is 0.485. The third-order valence-corrected chi connectivity index (χ3v) is 3.23. The van der Waals surface area contributed by atoms with E-state index in [0.717, 1.165) is 35.6 Å². The van der Waals surface area contributed by atoms with E-state index in [4.69, 9.17) is 5.73 Å². The summed E-state index contributed by atoms with van der Waals surface area (Å²) in [5.41, 5.74) is 7.49. The number of aromatic nitrogens is 3. The van der Waals surface area contributed by atoms with Gasteiger partial charge in [0.25, 0.3) is 0 Å². The van der Waals surface area contributed by atoms with Gasteiger partial charge in [-0.15, -0.1) is 0 Å². The number of aromatic amines is 1. The smallest absolute Gasteiger partial charge is 0.179 e. The van der Waals surface area contributed by atoms with Gasteiger partial charge in [-0.1, -0.05) is 13.3 Å². The standard InChI is InChI=1S/C13H21N5/c1-4-9(8-14)7-11-15-10-5-6-12(18(2)3)17-13(10)16-11/h5-6,9H,4,7-8,14H2,1-3H3,(H,15,16,17). The summed E-state index contributed by atoms with van der Waals surface area (Å²) in [6.07, 6.45) is 1.96. The molecule has 0 aromatic carbocycles. The van der Waals surface area contributed by atoms with Crippen LogP contribution >= 0.6 is 0 Å². The summed E-state index contributed by atoms with van der Waals surface area (Å²) in [6.45, 7) is 2.85. The Labute approximate surface area is 107 Å². The van der Waals surface area contributed by atoms with Crippen molar-refractivity contribution < 1.29 is 0 Å². The van der Waals surface area contributed by atoms with Gasteiger partial charge in [0, 0.05) is 20.5 Å². The summed E-state index contributed by atoms with van der Waals surface area (Å²) in [6, 6.07) is 4.02. The number of imidazole rings is 1. The van der Waals surface area contributed by atoms with Gasteiger partial charge in [-0.25, -0.2) is 9.97 Å². The zero-order valence-electron chi connectivity index (χ0n) is 11.3. The highest BCUT2D eigenvalue weighted by Crippen LogP contribution is 2.16. The zero-order chi connectivity index (χ0) is 13.1. The van der Waals surface area contributed by atoms with E-state index in [9.17, 15) is 0 Å². The molecule has 3 N–H and O–H groups in total. The lowest BCUT2D eigenvalue weighted by Gasteiger charge is -2.09. The third kappa shape index (κ3) is 2.61. The van der Waals surface area contributed by atoms with Gasteiger partial charge in [-0.05, 0) is 24.6 Å². The van der Waals surface area contributed by atoms with Crippen LogP contribution in [0.2, 0.25) is 0 Å². The maximum Gasteiger partial charge on any atom is 0.179 e. The molecule has 0 fully saturated rings. The van der Waals surface area contributed by atoms with Crippen molar-refractivity contribution in [1.29, 1.82) is 0 Å². The van der Waals surface area contributed by atoms with Crippen molar-refractivity contribution >= 4 is 17.0 Å². The summed E-state index contributed by atoms with van der Waals surface area (Å²) in [5.74, 6) is 2.39. The molecule has 18 heavy (non-hydrogen) atoms. The SMILES string of the molecule is CCC(CN)Cc1nc2nc(N(C)C)ccc2[nH]1. The monoisotopic (exact) mass is 247 g/mol. The van der Waals surface area contributed by atoms with E-state index in [1.165, 1.54) is 0 Å². The fraction of sp³-hybridized carbons (Fsp3) is 0.538. The molecule has 0 saturated carbocycles. The molecule has 1 unspecified atom stereocenters. The van der Waals surface area contributed by atoms with Crippen LogP contribution in [0.4, 0.5) is 5.82 Å². The first-order valence-corrected chi connectivity index (χ1v) is 6.37. The first kappa shape index (κ1) is 12.8. The molecule has 2 rings (SSSR count). The lowest BCUT2D eigenvalue weighted by Crippen LogP contribution is -2.16. The molecule has 5 heteroatoms. The van der Waals surface area contributed by atoms with E-state index in [1.807, 2.05) is 31.1 Å². The van der Waals surface area contributed by atoms with Gasteiger partial charge in [0.1, 0.15) is 11.6 Å². The highest BCUT2D eigenvalue weighted by molar-refractivity contribution is 5.73. The van der Waals surface area contributed by atoms with Crippen molar-refractivity contribution in [3.05, 3.63) is 18.0 Å². The molecule has 0 spiro atoms. The molecule has 0 aliphatic carbocycles. The molecule has 0 saturated heterocycles. The van der Waals surface area contributed by atoms with E-state index >= 15 is 0 Å². The number of H-pyrrole nitrogens is 1. The summed E-state index contributed by atoms with van der Waals surface area (Å²) >= 11 is 0. The molecule has 0 bridgehead atoms. The van der Waals surface area contributed by atoms with E-state index in [2.05, 4.69) is 21.9 Å². The molecule has 0 aliphatic heterocycles. The number of hydrogen-bond acceptors (Lipinski definition) is 4. The number of hydrogen-bond donors (Lipinski definition) is 2. The van der Waals surface area contributed by atoms with Gasteiger partial charge in [-0.3, -0.25) is 0 Å². The molecular weight excluding hydrogens is 226 g/mol. The Kier molecular flexibility index (Phi) is 3.81. The normalized spacial score (nSPS) is 12.9. The highest BCUT2D eigenvalue weighted by atomic mass is 15.1. The summed E-state index contributed by atoms with van der Waals surface area (Å²) < 4.78 is 0. The minimum Gasteiger partial charge on any atom is -0.363 e. The predicted octanol–water partition coefficient (Wildman–Crippen LogP) is 1.55. The van der Waals surface area contributed by atoms with Gasteiger partial charge in [-0.2, -0.15) is 0 Å². The first-order chi connectivity index (χ1) is 8.63. The third-order valence-electron chi connectivity index (χ3n) is 3.23. The maximum atomic E-state index is 5.73. The quantitative estimate of drug-likeness (QED) is 0.841. The number of rotatable bonds is 5. The highest BCUT2D eigenvalue weighted by Gasteiger charge is 2.10. The van der Waals surface area contributed by atoms with Gasteiger partial charge >= 0.3 is 0 Å². The molecule has 5 nitrogen and oxygen atoms in total. The summed E-state index contributed by atoms with van der Waals surface area (Å²) in [5, 5.41) is 0. The van der Waals surface area contributed by atoms with Crippen LogP contribution in [0.1, 0.15) is 19.2 Å². The second kappa shape index (κ2) is 5.35. The molecular formula is C13H21N5. The van der Waals surface area contributed by atoms with Crippen molar-refractivity contribution in [2.45, 2.75) is 19.8 Å². The van der Waals surface area contributed by atoms with E-state index < -0.39 is 0 Å². The topological polar surface area (TPSA) is 70.8 Å². The number of fused-ring (bicyclic) bond motifs is 1. The van der Waals surface area contributed by atoms with Gasteiger partial charge in [0.05, 0.1) is 5.52 Å². The number of pyridine rings is 1. The fourth-order valence-electron chi connectivity index (χ4n) is 1.95. The van der Waals surface area contributed by atoms with E-state index in [1.54, 1.807) is 0 Å². The van der Waals surface area contributed by atoms with Crippen molar-refractivity contribution in [1.82, 2.24) is 15.0 Å². The molecule has 2 heterocycles. The van der Waals surface area contributed by atoms with Crippen LogP contribution in [0.3, 0.4) is 0 Å². The lowest BCUT2D eigenvalue weighted by atomic mass is 10.0. The molecule has 0 aliphatic rings. The summed E-state index contributed by atoms with van der Waals surface area (Å²) in [4.78, 5) is 14.3. The predicted molar refractivity (Wildman–Crippen MR) is 74.8 cm³/mol. The Hall–Kier alpha value is -1.62. The van der Waals surface area contributed by atoms with Crippen LogP contribution in [0.5, 0.6) is 0 Å². The fourth-order valence-corrected chi connectivity index (χ4v) is 1.95. The van der Waals surface area contributed by atoms with Crippen molar-refractivity contribution in [3.8, 4) is 0 Å². The molecule has 2 aromatic rings. The van der Waals surface area contributed by atoms with Gasteiger partial charge in [0.2, 0.25) is 0 Å². The molecule has 0 amide bonds. The Morgan fingerprint density at radius 1 is 1.33 bits per heavy atom. The molecule has 98 valence electrons. The van der Waals surface area contributed by atoms with Crippen LogP contribution < -0.4 is 10.6 Å². The first-order valence-electron chi connectivity index (χ1n) is 6.37. The lowest BCUT2D eigenvalue weighted by molar-refractivity contribution is 0.508.